The average Bonchev–Trinajstić information content (AvgIpc) is 3.34. The third-order valence-corrected chi connectivity index (χ3v) is 3.76. The van der Waals surface area contributed by atoms with Gasteiger partial charge in [0.05, 0.1) is 4.92 Å². The Kier molecular flexibility index (Phi) is 3.59. The summed E-state index contributed by atoms with van der Waals surface area (Å²) in [5, 5.41) is 14.8. The van der Waals surface area contributed by atoms with Gasteiger partial charge in [-0.25, -0.2) is 0 Å². The molecule has 0 N–H and O–H groups in total. The van der Waals surface area contributed by atoms with E-state index in [4.69, 9.17) is 4.52 Å². The van der Waals surface area contributed by atoms with E-state index < -0.39 is 4.92 Å². The molecule has 2 heterocycles. The average molecular weight is 332 g/mol. The molecule has 0 aliphatic rings. The lowest BCUT2D eigenvalue weighted by atomic mass is 10.2. The molecule has 2 aromatic carbocycles. The van der Waals surface area contributed by atoms with Crippen LogP contribution in [0.25, 0.3) is 28.5 Å². The van der Waals surface area contributed by atoms with Gasteiger partial charge in [-0.15, -0.1) is 0 Å². The van der Waals surface area contributed by atoms with Crippen molar-refractivity contribution in [1.82, 2.24) is 14.7 Å². The molecule has 25 heavy (non-hydrogen) atoms. The minimum atomic E-state index is -0.458. The summed E-state index contributed by atoms with van der Waals surface area (Å²) >= 11 is 0. The second-order valence-electron chi connectivity index (χ2n) is 5.37. The first-order valence-corrected chi connectivity index (χ1v) is 7.53. The maximum Gasteiger partial charge on any atom is 0.270 e. The molecule has 2 aromatic heterocycles. The van der Waals surface area contributed by atoms with Gasteiger partial charge in [0.2, 0.25) is 5.82 Å². The van der Waals surface area contributed by atoms with Crippen LogP contribution in [0.5, 0.6) is 0 Å². The van der Waals surface area contributed by atoms with E-state index in [9.17, 15) is 10.1 Å². The molecule has 0 amide bonds. The van der Waals surface area contributed by atoms with Gasteiger partial charge in [0.1, 0.15) is 0 Å². The van der Waals surface area contributed by atoms with Gasteiger partial charge in [-0.1, -0.05) is 11.2 Å². The third-order valence-electron chi connectivity index (χ3n) is 3.76. The van der Waals surface area contributed by atoms with Crippen molar-refractivity contribution in [2.24, 2.45) is 0 Å². The van der Waals surface area contributed by atoms with Crippen LogP contribution in [0, 0.1) is 10.1 Å². The fourth-order valence-electron chi connectivity index (χ4n) is 2.50. The maximum atomic E-state index is 10.9. The summed E-state index contributed by atoms with van der Waals surface area (Å²) in [6.07, 6.45) is 3.92. The van der Waals surface area contributed by atoms with E-state index in [2.05, 4.69) is 10.1 Å². The zero-order valence-electron chi connectivity index (χ0n) is 12.9. The van der Waals surface area contributed by atoms with Crippen molar-refractivity contribution >= 4 is 5.69 Å². The lowest BCUT2D eigenvalue weighted by Gasteiger charge is -2.02. The van der Waals surface area contributed by atoms with Crippen LogP contribution in [-0.4, -0.2) is 19.6 Å². The van der Waals surface area contributed by atoms with Gasteiger partial charge in [-0.05, 0) is 42.5 Å². The highest BCUT2D eigenvalue weighted by atomic mass is 16.6. The number of hydrogen-bond acceptors (Lipinski definition) is 5. The van der Waals surface area contributed by atoms with Crippen LogP contribution in [0.4, 0.5) is 5.69 Å². The largest absolute Gasteiger partial charge is 0.334 e. The first kappa shape index (κ1) is 14.8. The van der Waals surface area contributed by atoms with Crippen molar-refractivity contribution in [3.63, 3.8) is 0 Å². The van der Waals surface area contributed by atoms with Gasteiger partial charge >= 0.3 is 0 Å². The molecule has 0 unspecified atom stereocenters. The summed E-state index contributed by atoms with van der Waals surface area (Å²) in [7, 11) is 0. The summed E-state index contributed by atoms with van der Waals surface area (Å²) in [5.41, 5.74) is 2.32. The summed E-state index contributed by atoms with van der Waals surface area (Å²) in [6.45, 7) is 0. The number of nitro benzene ring substituents is 1. The van der Waals surface area contributed by atoms with Gasteiger partial charge in [-0.2, -0.15) is 4.98 Å². The minimum absolute atomic E-state index is 0.0201. The van der Waals surface area contributed by atoms with Crippen LogP contribution in [-0.2, 0) is 0 Å². The van der Waals surface area contributed by atoms with Crippen LogP contribution in [0.3, 0.4) is 0 Å². The van der Waals surface area contributed by atoms with Crippen molar-refractivity contribution in [1.29, 1.82) is 0 Å². The fourth-order valence-corrected chi connectivity index (χ4v) is 2.50. The highest BCUT2D eigenvalue weighted by Crippen LogP contribution is 2.25. The van der Waals surface area contributed by atoms with Crippen LogP contribution in [0.1, 0.15) is 0 Å². The highest BCUT2D eigenvalue weighted by Gasteiger charge is 2.14. The van der Waals surface area contributed by atoms with Gasteiger partial charge in [0, 0.05) is 41.3 Å². The predicted octanol–water partition coefficient (Wildman–Crippen LogP) is 4.10. The Bertz CT molecular complexity index is 1020. The zero-order chi connectivity index (χ0) is 17.2. The van der Waals surface area contributed by atoms with Crippen LogP contribution in [0.15, 0.2) is 77.6 Å². The molecular weight excluding hydrogens is 320 g/mol. The first-order chi connectivity index (χ1) is 12.2. The molecule has 4 rings (SSSR count). The number of nitro groups is 1. The fraction of sp³-hybridized carbons (Fsp3) is 0. The van der Waals surface area contributed by atoms with Gasteiger partial charge < -0.3 is 9.09 Å². The van der Waals surface area contributed by atoms with E-state index in [1.807, 2.05) is 53.4 Å². The summed E-state index contributed by atoms with van der Waals surface area (Å²) < 4.78 is 7.25. The third kappa shape index (κ3) is 2.90. The molecule has 4 aromatic rings. The number of non-ortho nitro benzene ring substituents is 1. The molecular formula is C18H12N4O3. The molecule has 0 saturated heterocycles. The second-order valence-corrected chi connectivity index (χ2v) is 5.37. The van der Waals surface area contributed by atoms with Gasteiger partial charge in [0.25, 0.3) is 11.6 Å². The molecule has 0 spiro atoms. The Morgan fingerprint density at radius 3 is 2.44 bits per heavy atom. The van der Waals surface area contributed by atoms with Crippen molar-refractivity contribution in [2.75, 3.05) is 0 Å². The molecule has 122 valence electrons. The number of hydrogen-bond donors (Lipinski definition) is 0. The molecule has 0 saturated carbocycles. The lowest BCUT2D eigenvalue weighted by Crippen LogP contribution is -1.89. The van der Waals surface area contributed by atoms with E-state index in [-0.39, 0.29) is 11.6 Å². The van der Waals surface area contributed by atoms with Crippen LogP contribution in [0.2, 0.25) is 0 Å². The number of benzene rings is 2. The standard InChI is InChI=1S/C18H12N4O3/c23-22(24)16-5-3-4-14(12-16)18-19-17(20-25-18)13-6-8-15(9-7-13)21-10-1-2-11-21/h1-12H. The molecule has 0 aliphatic carbocycles. The topological polar surface area (TPSA) is 87.0 Å². The lowest BCUT2D eigenvalue weighted by molar-refractivity contribution is -0.384. The van der Waals surface area contributed by atoms with Crippen molar-refractivity contribution in [3.05, 3.63) is 83.2 Å². The van der Waals surface area contributed by atoms with Crippen LogP contribution >= 0.6 is 0 Å². The summed E-state index contributed by atoms with van der Waals surface area (Å²) in [5.74, 6) is 0.675. The quantitative estimate of drug-likeness (QED) is 0.415. The van der Waals surface area contributed by atoms with E-state index in [1.54, 1.807) is 12.1 Å². The smallest absolute Gasteiger partial charge is 0.270 e. The highest BCUT2D eigenvalue weighted by molar-refractivity contribution is 5.62. The predicted molar refractivity (Wildman–Crippen MR) is 91.2 cm³/mol. The van der Waals surface area contributed by atoms with Gasteiger partial charge in [0.15, 0.2) is 0 Å². The molecule has 0 radical (unpaired) electrons. The Hall–Kier alpha value is -3.74. The number of aromatic nitrogens is 3. The van der Waals surface area contributed by atoms with E-state index in [0.717, 1.165) is 11.3 Å². The first-order valence-electron chi connectivity index (χ1n) is 7.53. The molecule has 7 heteroatoms. The molecule has 0 fully saturated rings. The SMILES string of the molecule is O=[N+]([O-])c1cccc(-c2nc(-c3ccc(-n4cccc4)cc3)no2)c1. The Morgan fingerprint density at radius 2 is 1.72 bits per heavy atom. The molecule has 0 bridgehead atoms. The second kappa shape index (κ2) is 6.04. The summed E-state index contributed by atoms with van der Waals surface area (Å²) in [4.78, 5) is 14.8. The maximum absolute atomic E-state index is 10.9. The number of nitrogens with zero attached hydrogens (tertiary/aromatic N) is 4. The van der Waals surface area contributed by atoms with Gasteiger partial charge in [-0.3, -0.25) is 10.1 Å². The Morgan fingerprint density at radius 1 is 0.960 bits per heavy atom. The van der Waals surface area contributed by atoms with Crippen molar-refractivity contribution < 1.29 is 9.45 Å². The Labute approximate surface area is 142 Å². The van der Waals surface area contributed by atoms with Crippen molar-refractivity contribution in [2.45, 2.75) is 0 Å². The normalized spacial score (nSPS) is 10.7. The van der Waals surface area contributed by atoms with Crippen LogP contribution < -0.4 is 0 Å². The molecule has 7 nitrogen and oxygen atoms in total. The van der Waals surface area contributed by atoms with Crippen molar-refractivity contribution in [3.8, 4) is 28.5 Å². The minimum Gasteiger partial charge on any atom is -0.334 e. The Balaban J connectivity index is 1.63. The molecule has 0 atom stereocenters. The monoisotopic (exact) mass is 332 g/mol. The van der Waals surface area contributed by atoms with E-state index in [1.165, 1.54) is 12.1 Å². The number of rotatable bonds is 4. The summed E-state index contributed by atoms with van der Waals surface area (Å²) in [6, 6.07) is 17.7. The molecule has 0 aliphatic heterocycles. The zero-order valence-corrected chi connectivity index (χ0v) is 12.9. The van der Waals surface area contributed by atoms with E-state index >= 15 is 0 Å². The van der Waals surface area contributed by atoms with E-state index in [0.29, 0.717) is 11.4 Å².